The summed E-state index contributed by atoms with van der Waals surface area (Å²) in [4.78, 5) is 15.0. The predicted molar refractivity (Wildman–Crippen MR) is 137 cm³/mol. The average molecular weight is 444 g/mol. The molecule has 0 heterocycles. The number of Topliss-reactive ketones (excluding diaryl/α,β-unsaturated/α-hetero) is 1. The molecule has 0 amide bonds. The van der Waals surface area contributed by atoms with Gasteiger partial charge in [-0.25, -0.2) is 0 Å². The highest BCUT2D eigenvalue weighted by atomic mass is 16.3. The lowest BCUT2D eigenvalue weighted by molar-refractivity contribution is -0.121. The van der Waals surface area contributed by atoms with Crippen molar-refractivity contribution in [3.63, 3.8) is 0 Å². The van der Waals surface area contributed by atoms with Crippen LogP contribution in [0, 0.1) is 0 Å². The molecular formula is C30H37NO2. The highest BCUT2D eigenvalue weighted by Gasteiger charge is 2.18. The van der Waals surface area contributed by atoms with Crippen LogP contribution in [0.4, 0.5) is 5.69 Å². The Morgan fingerprint density at radius 3 is 1.97 bits per heavy atom. The Bertz CT molecular complexity index is 929. The first-order valence-corrected chi connectivity index (χ1v) is 12.2. The van der Waals surface area contributed by atoms with E-state index in [1.165, 1.54) is 16.7 Å². The number of hydrogen-bond donors (Lipinski definition) is 1. The van der Waals surface area contributed by atoms with Gasteiger partial charge in [0.1, 0.15) is 5.78 Å². The van der Waals surface area contributed by atoms with Crippen molar-refractivity contribution in [2.45, 2.75) is 71.1 Å². The molecule has 0 spiro atoms. The van der Waals surface area contributed by atoms with Gasteiger partial charge >= 0.3 is 0 Å². The second-order valence-corrected chi connectivity index (χ2v) is 8.92. The summed E-state index contributed by atoms with van der Waals surface area (Å²) in [6.45, 7) is 5.81. The van der Waals surface area contributed by atoms with E-state index in [1.807, 2.05) is 19.1 Å². The minimum Gasteiger partial charge on any atom is -0.393 e. The van der Waals surface area contributed by atoms with Gasteiger partial charge in [-0.1, -0.05) is 93.1 Å². The zero-order valence-corrected chi connectivity index (χ0v) is 20.0. The van der Waals surface area contributed by atoms with Crippen molar-refractivity contribution in [1.29, 1.82) is 0 Å². The molecule has 0 aliphatic heterocycles. The number of aliphatic hydroxyl groups excluding tert-OH is 1. The molecule has 3 rings (SSSR count). The van der Waals surface area contributed by atoms with Gasteiger partial charge in [-0.05, 0) is 47.6 Å². The SMILES string of the molecule is CCCC(O)CC(=O)CC(CC)c1cccc(N(Cc2ccccc2)Cc2ccccc2)c1. The first kappa shape index (κ1) is 24.7. The number of carbonyl (C=O) groups excluding carboxylic acids is 1. The van der Waals surface area contributed by atoms with E-state index in [0.29, 0.717) is 12.8 Å². The van der Waals surface area contributed by atoms with E-state index in [1.54, 1.807) is 0 Å². The quantitative estimate of drug-likeness (QED) is 0.312. The lowest BCUT2D eigenvalue weighted by Gasteiger charge is -2.27. The van der Waals surface area contributed by atoms with Crippen molar-refractivity contribution < 1.29 is 9.90 Å². The van der Waals surface area contributed by atoms with Crippen LogP contribution in [0.5, 0.6) is 0 Å². The fourth-order valence-corrected chi connectivity index (χ4v) is 4.38. The number of hydrogen-bond acceptors (Lipinski definition) is 3. The number of ketones is 1. The summed E-state index contributed by atoms with van der Waals surface area (Å²) in [5.41, 5.74) is 4.90. The summed E-state index contributed by atoms with van der Waals surface area (Å²) in [5, 5.41) is 10.0. The van der Waals surface area contributed by atoms with Gasteiger partial charge in [0.15, 0.2) is 0 Å². The van der Waals surface area contributed by atoms with E-state index in [-0.39, 0.29) is 18.1 Å². The highest BCUT2D eigenvalue weighted by molar-refractivity contribution is 5.79. The third kappa shape index (κ3) is 7.87. The van der Waals surface area contributed by atoms with Gasteiger partial charge in [0.25, 0.3) is 0 Å². The fourth-order valence-electron chi connectivity index (χ4n) is 4.38. The average Bonchev–Trinajstić information content (AvgIpc) is 2.83. The second kappa shape index (κ2) is 13.0. The van der Waals surface area contributed by atoms with E-state index in [0.717, 1.165) is 31.6 Å². The number of benzene rings is 3. The first-order valence-electron chi connectivity index (χ1n) is 12.2. The molecule has 0 radical (unpaired) electrons. The Balaban J connectivity index is 1.80. The standard InChI is InChI=1S/C30H37NO2/c1-3-12-29(32)21-30(33)20-26(4-2)27-17-11-18-28(19-27)31(22-24-13-7-5-8-14-24)23-25-15-9-6-10-16-25/h5-11,13-19,26,29,32H,3-4,12,20-23H2,1-2H3. The molecule has 2 unspecified atom stereocenters. The zero-order chi connectivity index (χ0) is 23.5. The smallest absolute Gasteiger partial charge is 0.136 e. The predicted octanol–water partition coefficient (Wildman–Crippen LogP) is 6.90. The molecule has 0 bridgehead atoms. The Hall–Kier alpha value is -2.91. The molecule has 2 atom stereocenters. The van der Waals surface area contributed by atoms with Gasteiger partial charge in [-0.15, -0.1) is 0 Å². The zero-order valence-electron chi connectivity index (χ0n) is 20.0. The van der Waals surface area contributed by atoms with Gasteiger partial charge in [0.05, 0.1) is 6.10 Å². The summed E-state index contributed by atoms with van der Waals surface area (Å²) in [6.07, 6.45) is 2.71. The molecule has 0 fully saturated rings. The molecule has 3 aromatic carbocycles. The van der Waals surface area contributed by atoms with E-state index in [2.05, 4.69) is 84.6 Å². The van der Waals surface area contributed by atoms with Crippen molar-refractivity contribution in [2.75, 3.05) is 4.90 Å². The third-order valence-electron chi connectivity index (χ3n) is 6.19. The van der Waals surface area contributed by atoms with E-state index < -0.39 is 6.10 Å². The molecule has 0 saturated carbocycles. The van der Waals surface area contributed by atoms with Crippen LogP contribution < -0.4 is 4.90 Å². The molecule has 0 aliphatic rings. The van der Waals surface area contributed by atoms with Crippen LogP contribution in [0.3, 0.4) is 0 Å². The molecule has 3 heteroatoms. The molecule has 0 saturated heterocycles. The number of anilines is 1. The fraction of sp³-hybridized carbons (Fsp3) is 0.367. The van der Waals surface area contributed by atoms with Crippen molar-refractivity contribution >= 4 is 11.5 Å². The van der Waals surface area contributed by atoms with Crippen LogP contribution in [-0.2, 0) is 17.9 Å². The van der Waals surface area contributed by atoms with Crippen LogP contribution >= 0.6 is 0 Å². The monoisotopic (exact) mass is 443 g/mol. The van der Waals surface area contributed by atoms with E-state index >= 15 is 0 Å². The normalized spacial score (nSPS) is 12.8. The van der Waals surface area contributed by atoms with Gasteiger partial charge in [-0.2, -0.15) is 0 Å². The summed E-state index contributed by atoms with van der Waals surface area (Å²) in [5.74, 6) is 0.320. The Morgan fingerprint density at radius 1 is 0.818 bits per heavy atom. The molecule has 0 aromatic heterocycles. The number of rotatable bonds is 13. The number of aliphatic hydroxyl groups is 1. The summed E-state index contributed by atoms with van der Waals surface area (Å²) < 4.78 is 0. The van der Waals surface area contributed by atoms with Crippen molar-refractivity contribution in [3.05, 3.63) is 102 Å². The molecule has 33 heavy (non-hydrogen) atoms. The second-order valence-electron chi connectivity index (χ2n) is 8.92. The van der Waals surface area contributed by atoms with Crippen LogP contribution in [0.15, 0.2) is 84.9 Å². The number of nitrogens with zero attached hydrogens (tertiary/aromatic N) is 1. The lowest BCUT2D eigenvalue weighted by Crippen LogP contribution is -2.22. The van der Waals surface area contributed by atoms with Gasteiger partial charge in [0, 0.05) is 31.6 Å². The molecule has 174 valence electrons. The highest BCUT2D eigenvalue weighted by Crippen LogP contribution is 2.29. The van der Waals surface area contributed by atoms with E-state index in [4.69, 9.17) is 0 Å². The van der Waals surface area contributed by atoms with Gasteiger partial charge in [-0.3, -0.25) is 4.79 Å². The van der Waals surface area contributed by atoms with Crippen LogP contribution in [-0.4, -0.2) is 17.0 Å². The Kier molecular flexibility index (Phi) is 9.71. The molecule has 0 aliphatic carbocycles. The molecule has 3 aromatic rings. The lowest BCUT2D eigenvalue weighted by atomic mass is 9.89. The van der Waals surface area contributed by atoms with Crippen LogP contribution in [0.25, 0.3) is 0 Å². The summed E-state index contributed by atoms with van der Waals surface area (Å²) in [6, 6.07) is 29.7. The van der Waals surface area contributed by atoms with Crippen LogP contribution in [0.2, 0.25) is 0 Å². The topological polar surface area (TPSA) is 40.5 Å². The summed E-state index contributed by atoms with van der Waals surface area (Å²) in [7, 11) is 0. The molecule has 1 N–H and O–H groups in total. The van der Waals surface area contributed by atoms with Crippen LogP contribution in [0.1, 0.15) is 68.6 Å². The molecular weight excluding hydrogens is 406 g/mol. The van der Waals surface area contributed by atoms with Crippen molar-refractivity contribution in [2.24, 2.45) is 0 Å². The third-order valence-corrected chi connectivity index (χ3v) is 6.19. The minimum absolute atomic E-state index is 0.152. The first-order chi connectivity index (χ1) is 16.1. The van der Waals surface area contributed by atoms with Crippen molar-refractivity contribution in [1.82, 2.24) is 0 Å². The van der Waals surface area contributed by atoms with E-state index in [9.17, 15) is 9.90 Å². The largest absolute Gasteiger partial charge is 0.393 e. The maximum absolute atomic E-state index is 12.6. The Labute approximate surface area is 199 Å². The number of carbonyl (C=O) groups is 1. The van der Waals surface area contributed by atoms with Gasteiger partial charge < -0.3 is 10.0 Å². The Morgan fingerprint density at radius 2 is 1.42 bits per heavy atom. The van der Waals surface area contributed by atoms with Crippen molar-refractivity contribution in [3.8, 4) is 0 Å². The maximum atomic E-state index is 12.6. The summed E-state index contributed by atoms with van der Waals surface area (Å²) >= 11 is 0. The molecule has 3 nitrogen and oxygen atoms in total. The maximum Gasteiger partial charge on any atom is 0.136 e. The minimum atomic E-state index is -0.515. The van der Waals surface area contributed by atoms with Gasteiger partial charge in [0.2, 0.25) is 0 Å².